The molecule has 0 aliphatic rings. The van der Waals surface area contributed by atoms with Gasteiger partial charge in [0, 0.05) is 26.2 Å². The summed E-state index contributed by atoms with van der Waals surface area (Å²) >= 11 is 0. The van der Waals surface area contributed by atoms with E-state index in [-0.39, 0.29) is 13.8 Å². The first-order valence-corrected chi connectivity index (χ1v) is 20.7. The maximum atomic E-state index is 14.6. The molecule has 47 heteroatoms. The molecule has 0 spiro atoms. The number of hydrogen-bond acceptors (Lipinski definition) is 7. The molecule has 0 saturated heterocycles. The number of rotatable bonds is 26. The van der Waals surface area contributed by atoms with Gasteiger partial charge < -0.3 is 4.89 Å². The fraction of sp³-hybridized carbons (Fsp3) is 1.00. The summed E-state index contributed by atoms with van der Waals surface area (Å²) in [6.45, 7) is -13.3. The van der Waals surface area contributed by atoms with E-state index in [4.69, 9.17) is 0 Å². The Kier molecular flexibility index (Phi) is 18.3. The van der Waals surface area contributed by atoms with Crippen LogP contribution in [0.15, 0.2) is 0 Å². The van der Waals surface area contributed by atoms with Gasteiger partial charge in [-0.05, 0) is 0 Å². The predicted molar refractivity (Wildman–Crippen MR) is 155 cm³/mol. The number of phosphoric acid groups is 1. The molecule has 0 amide bonds. The fourth-order valence-electron chi connectivity index (χ4n) is 4.40. The third kappa shape index (κ3) is 9.86. The first-order valence-electron chi connectivity index (χ1n) is 16.4. The van der Waals surface area contributed by atoms with E-state index in [0.29, 0.717) is 0 Å². The smallest absolute Gasteiger partial charge is 0.302 e. The van der Waals surface area contributed by atoms with Gasteiger partial charge >= 0.3 is 102 Å². The molecule has 0 saturated carbocycles. The van der Waals surface area contributed by atoms with Crippen LogP contribution in [-0.4, -0.2) is 164 Å². The van der Waals surface area contributed by atoms with Crippen molar-refractivity contribution in [1.29, 1.82) is 0 Å². The van der Waals surface area contributed by atoms with E-state index >= 15 is 0 Å². The number of halogens is 34. The van der Waals surface area contributed by atoms with Crippen LogP contribution in [0.25, 0.3) is 0 Å². The first-order chi connectivity index (χ1) is 30.3. The van der Waals surface area contributed by atoms with Gasteiger partial charge in [-0.1, -0.05) is 13.8 Å². The largest absolute Gasteiger partial charge is 0.472 e. The molecule has 0 bridgehead atoms. The van der Waals surface area contributed by atoms with Crippen LogP contribution in [-0.2, 0) is 33.7 Å². The minimum atomic E-state index is -9.27. The van der Waals surface area contributed by atoms with Crippen LogP contribution in [0.4, 0.5) is 149 Å². The molecule has 10 nitrogen and oxygen atoms in total. The zero-order valence-electron chi connectivity index (χ0n) is 32.6. The van der Waals surface area contributed by atoms with Crippen molar-refractivity contribution in [3.8, 4) is 0 Å². The molecule has 0 rings (SSSR count). The summed E-state index contributed by atoms with van der Waals surface area (Å²) in [4.78, 5) is 9.52. The molecular weight excluding hydrogens is 1190 g/mol. The third-order valence-corrected chi connectivity index (χ3v) is 13.7. The SMILES string of the molecule is CCN(CCOP(=O)(O)OCCN(CC)S(=O)(=O)C(F)(F)C(F)(F)C(F)(F)C(F)(F)C(F)(F)C(F)(F)C(F)(F)C(F)(F)F)S(=O)(=O)C(F)(F)C(F)(F)C(F)(F)C(F)(F)C(F)(F)C(F)(F)C(F)(F)C(F)(F)F. The highest BCUT2D eigenvalue weighted by molar-refractivity contribution is 7.90. The Morgan fingerprint density at radius 3 is 0.690 bits per heavy atom. The van der Waals surface area contributed by atoms with Crippen LogP contribution in [0.2, 0.25) is 0 Å². The molecule has 0 aromatic heterocycles. The van der Waals surface area contributed by atoms with Crippen molar-refractivity contribution in [1.82, 2.24) is 8.61 Å². The van der Waals surface area contributed by atoms with E-state index in [1.54, 1.807) is 0 Å². The van der Waals surface area contributed by atoms with Crippen LogP contribution >= 0.6 is 7.82 Å². The number of alkyl halides is 34. The van der Waals surface area contributed by atoms with E-state index in [1.165, 1.54) is 0 Å². The van der Waals surface area contributed by atoms with E-state index in [2.05, 4.69) is 9.05 Å². The number of sulfonamides is 2. The zero-order chi connectivity index (χ0) is 58.3. The minimum absolute atomic E-state index is 0.0881. The lowest BCUT2D eigenvalue weighted by Crippen LogP contribution is -2.75. The van der Waals surface area contributed by atoms with Gasteiger partial charge in [0.25, 0.3) is 20.0 Å². The average molecular weight is 1200 g/mol. The maximum Gasteiger partial charge on any atom is 0.472 e. The standard InChI is InChI=1S/C24H19F34N2O8PS2/c1-3-59(70(63,64)23(55,56)19(45,46)15(37,38)11(29,30)9(25,26)13(33,34)17(41,42)21(49,50)51)5-7-67-69(61,62)68-8-6-60(4-2)71(65,66)24(57,58)20(47,48)16(39,40)12(31,32)10(27,28)14(35,36)18(43,44)22(52,53)54/h3-8H2,1-2H3,(H,61,62). The van der Waals surface area contributed by atoms with E-state index in [1.807, 2.05) is 0 Å². The Bertz CT molecular complexity index is 2020. The quantitative estimate of drug-likeness (QED) is 0.0670. The van der Waals surface area contributed by atoms with Gasteiger partial charge in [-0.25, -0.2) is 21.4 Å². The second-order valence-electron chi connectivity index (χ2n) is 13.1. The molecule has 0 atom stereocenters. The van der Waals surface area contributed by atoms with Crippen molar-refractivity contribution >= 4 is 27.9 Å². The van der Waals surface area contributed by atoms with Gasteiger partial charge in [-0.15, -0.1) is 0 Å². The number of nitrogens with zero attached hydrogens (tertiary/aromatic N) is 2. The lowest BCUT2D eigenvalue weighted by Gasteiger charge is -2.43. The van der Waals surface area contributed by atoms with Crippen LogP contribution in [0.5, 0.6) is 0 Å². The fourth-order valence-corrected chi connectivity index (χ4v) is 7.96. The molecule has 1 N–H and O–H groups in total. The summed E-state index contributed by atoms with van der Waals surface area (Å²) in [6.07, 6.45) is -16.3. The lowest BCUT2D eigenvalue weighted by atomic mass is 9.91. The number of phosphoric ester groups is 1. The van der Waals surface area contributed by atoms with Crippen molar-refractivity contribution in [2.75, 3.05) is 39.4 Å². The molecule has 71 heavy (non-hydrogen) atoms. The maximum absolute atomic E-state index is 14.6. The zero-order valence-corrected chi connectivity index (χ0v) is 35.1. The van der Waals surface area contributed by atoms with E-state index in [9.17, 15) is 176 Å². The second-order valence-corrected chi connectivity index (χ2v) is 18.5. The van der Waals surface area contributed by atoms with Crippen molar-refractivity contribution in [2.45, 2.75) is 108 Å². The molecule has 428 valence electrons. The Labute approximate surface area is 368 Å². The Morgan fingerprint density at radius 2 is 0.521 bits per heavy atom. The topological polar surface area (TPSA) is 131 Å². The van der Waals surface area contributed by atoms with Crippen molar-refractivity contribution in [2.24, 2.45) is 0 Å². The Morgan fingerprint density at radius 1 is 0.352 bits per heavy atom. The van der Waals surface area contributed by atoms with Crippen LogP contribution in [0, 0.1) is 0 Å². The van der Waals surface area contributed by atoms with Crippen molar-refractivity contribution < 1.29 is 185 Å². The van der Waals surface area contributed by atoms with Gasteiger partial charge in [0.15, 0.2) is 0 Å². The predicted octanol–water partition coefficient (Wildman–Crippen LogP) is 10.4. The summed E-state index contributed by atoms with van der Waals surface area (Å²) in [5, 5.41) is -16.4. The minimum Gasteiger partial charge on any atom is -0.302 e. The van der Waals surface area contributed by atoms with Gasteiger partial charge in [0.1, 0.15) is 0 Å². The molecule has 0 radical (unpaired) electrons. The van der Waals surface area contributed by atoms with Crippen LogP contribution in [0.1, 0.15) is 13.8 Å². The average Bonchev–Trinajstić information content (AvgIpc) is 3.15. The molecule has 0 aliphatic heterocycles. The molecule has 0 aromatic rings. The van der Waals surface area contributed by atoms with E-state index in [0.717, 1.165) is 0 Å². The molecule has 0 aliphatic carbocycles. The molecule has 0 unspecified atom stereocenters. The van der Waals surface area contributed by atoms with Crippen LogP contribution in [0.3, 0.4) is 0 Å². The highest BCUT2D eigenvalue weighted by Gasteiger charge is 2.98. The summed E-state index contributed by atoms with van der Waals surface area (Å²) in [7, 11) is -22.6. The van der Waals surface area contributed by atoms with Crippen molar-refractivity contribution in [3.05, 3.63) is 0 Å². The number of hydrogen-bond donors (Lipinski definition) is 1. The third-order valence-electron chi connectivity index (χ3n) is 8.61. The first kappa shape index (κ1) is 68.6. The highest BCUT2D eigenvalue weighted by atomic mass is 32.2. The monoisotopic (exact) mass is 1200 g/mol. The lowest BCUT2D eigenvalue weighted by molar-refractivity contribution is -0.458. The summed E-state index contributed by atoms with van der Waals surface area (Å²) in [5.74, 6) is -108. The van der Waals surface area contributed by atoms with E-state index < -0.39 is 170 Å². The van der Waals surface area contributed by atoms with Gasteiger partial charge in [0.2, 0.25) is 0 Å². The van der Waals surface area contributed by atoms with Gasteiger partial charge in [-0.2, -0.15) is 158 Å². The Hall–Kier alpha value is -2.45. The molecular formula is C24H19F34N2O8PS2. The molecule has 0 fully saturated rings. The van der Waals surface area contributed by atoms with Gasteiger partial charge in [0.05, 0.1) is 13.2 Å². The Balaban J connectivity index is 6.62. The van der Waals surface area contributed by atoms with Crippen LogP contribution < -0.4 is 0 Å². The summed E-state index contributed by atoms with van der Waals surface area (Å²) in [6, 6.07) is 0. The highest BCUT2D eigenvalue weighted by Crippen LogP contribution is 2.67. The number of likely N-dealkylation sites (N-methyl/N-ethyl adjacent to an activating group) is 2. The summed E-state index contributed by atoms with van der Waals surface area (Å²) < 4.78 is 527. The second kappa shape index (κ2) is 19.0. The molecule has 0 aromatic carbocycles. The normalized spacial score (nSPS) is 16.7. The molecule has 0 heterocycles. The summed E-state index contributed by atoms with van der Waals surface area (Å²) in [5.41, 5.74) is 0. The van der Waals surface area contributed by atoms with Gasteiger partial charge in [-0.3, -0.25) is 9.05 Å². The van der Waals surface area contributed by atoms with Crippen molar-refractivity contribution in [3.63, 3.8) is 0 Å².